The Morgan fingerprint density at radius 1 is 0.800 bits per heavy atom. The average molecular weight is 290 g/mol. The van der Waals surface area contributed by atoms with Crippen LogP contribution in [-0.2, 0) is 4.79 Å². The number of nitrogens with two attached hydrogens (primary N) is 1. The number of amides is 1. The molecule has 0 radical (unpaired) electrons. The molecule has 0 aromatic carbocycles. The van der Waals surface area contributed by atoms with Gasteiger partial charge in [-0.05, 0) is 24.2 Å². The van der Waals surface area contributed by atoms with Gasteiger partial charge < -0.3 is 10.8 Å². The Morgan fingerprint density at radius 3 is 1.10 bits per heavy atom. The van der Waals surface area contributed by atoms with Crippen molar-refractivity contribution in [2.24, 2.45) is 29.4 Å². The number of rotatable bonds is 6. The summed E-state index contributed by atoms with van der Waals surface area (Å²) in [6, 6.07) is 0. The second kappa shape index (κ2) is 16.5. The van der Waals surface area contributed by atoms with Crippen LogP contribution in [0.3, 0.4) is 0 Å². The molecule has 20 heavy (non-hydrogen) atoms. The van der Waals surface area contributed by atoms with Gasteiger partial charge >= 0.3 is 0 Å². The number of hydrogen-bond acceptors (Lipinski definition) is 2. The highest BCUT2D eigenvalue weighted by Gasteiger charge is 1.96. The second-order valence-electron chi connectivity index (χ2n) is 6.83. The quantitative estimate of drug-likeness (QED) is 0.768. The predicted molar refractivity (Wildman–Crippen MR) is 89.5 cm³/mol. The molecule has 1 amide bonds. The van der Waals surface area contributed by atoms with E-state index in [9.17, 15) is 4.79 Å². The standard InChI is InChI=1S/C8H18.C5H12O.C4H9NO/c1-7(2)5-6-8(3)4;1-5(2)3-4-6;1-3(2)4(5)6/h7-8H,5-6H2,1-4H3;5-6H,3-4H2,1-2H3;3H,1-2H3,(H2,5,6). The van der Waals surface area contributed by atoms with E-state index in [2.05, 4.69) is 41.5 Å². The fraction of sp³-hybridized carbons (Fsp3) is 0.941. The molecule has 3 N–H and O–H groups in total. The van der Waals surface area contributed by atoms with E-state index in [0.717, 1.165) is 18.3 Å². The molecule has 0 saturated carbocycles. The summed E-state index contributed by atoms with van der Waals surface area (Å²) in [7, 11) is 0. The van der Waals surface area contributed by atoms with Gasteiger partial charge in [-0.25, -0.2) is 0 Å². The summed E-state index contributed by atoms with van der Waals surface area (Å²) in [6.45, 7) is 17.2. The van der Waals surface area contributed by atoms with Crippen LogP contribution in [0.15, 0.2) is 0 Å². The molecule has 0 heterocycles. The predicted octanol–water partition coefficient (Wildman–Crippen LogP) is 4.23. The fourth-order valence-electron chi connectivity index (χ4n) is 0.925. The van der Waals surface area contributed by atoms with E-state index in [1.54, 1.807) is 13.8 Å². The van der Waals surface area contributed by atoms with Gasteiger partial charge in [-0.1, -0.05) is 68.2 Å². The van der Waals surface area contributed by atoms with E-state index in [-0.39, 0.29) is 11.8 Å². The Hall–Kier alpha value is -0.570. The third-order valence-electron chi connectivity index (χ3n) is 2.60. The molecule has 0 aromatic heterocycles. The van der Waals surface area contributed by atoms with Crippen LogP contribution in [0.4, 0.5) is 0 Å². The average Bonchev–Trinajstić information content (AvgIpc) is 2.27. The molecule has 3 heteroatoms. The van der Waals surface area contributed by atoms with Gasteiger partial charge in [0.25, 0.3) is 0 Å². The summed E-state index contributed by atoms with van der Waals surface area (Å²) in [5.74, 6) is 2.17. The van der Waals surface area contributed by atoms with Crippen molar-refractivity contribution >= 4 is 5.91 Å². The van der Waals surface area contributed by atoms with Gasteiger partial charge in [-0.3, -0.25) is 4.79 Å². The molecule has 0 aliphatic carbocycles. The first-order valence-electron chi connectivity index (χ1n) is 7.94. The van der Waals surface area contributed by atoms with E-state index >= 15 is 0 Å². The zero-order chi connectivity index (χ0) is 16.7. The topological polar surface area (TPSA) is 63.3 Å². The smallest absolute Gasteiger partial charge is 0.219 e. The molecule has 0 spiro atoms. The maximum atomic E-state index is 9.92. The number of aliphatic hydroxyl groups excluding tert-OH is 1. The lowest BCUT2D eigenvalue weighted by atomic mass is 10.0. The largest absolute Gasteiger partial charge is 0.396 e. The summed E-state index contributed by atoms with van der Waals surface area (Å²) in [4.78, 5) is 9.92. The van der Waals surface area contributed by atoms with Crippen molar-refractivity contribution < 1.29 is 9.90 Å². The van der Waals surface area contributed by atoms with Crippen LogP contribution >= 0.6 is 0 Å². The first kappa shape index (κ1) is 24.4. The van der Waals surface area contributed by atoms with Crippen molar-refractivity contribution in [1.29, 1.82) is 0 Å². The van der Waals surface area contributed by atoms with Crippen molar-refractivity contribution in [3.8, 4) is 0 Å². The Bertz CT molecular complexity index is 191. The van der Waals surface area contributed by atoms with Gasteiger partial charge in [0.1, 0.15) is 0 Å². The summed E-state index contributed by atoms with van der Waals surface area (Å²) in [5.41, 5.74) is 4.80. The normalized spacial score (nSPS) is 10.2. The van der Waals surface area contributed by atoms with E-state index in [1.807, 2.05) is 0 Å². The Balaban J connectivity index is -0.000000221. The lowest BCUT2D eigenvalue weighted by molar-refractivity contribution is -0.120. The van der Waals surface area contributed by atoms with Gasteiger partial charge in [-0.15, -0.1) is 0 Å². The van der Waals surface area contributed by atoms with Crippen LogP contribution in [0.25, 0.3) is 0 Å². The van der Waals surface area contributed by atoms with Crippen molar-refractivity contribution in [2.75, 3.05) is 6.61 Å². The summed E-state index contributed by atoms with van der Waals surface area (Å²) in [5, 5.41) is 8.24. The maximum Gasteiger partial charge on any atom is 0.219 e. The number of primary amides is 1. The molecule has 0 atom stereocenters. The molecular weight excluding hydrogens is 250 g/mol. The van der Waals surface area contributed by atoms with E-state index in [0.29, 0.717) is 12.5 Å². The van der Waals surface area contributed by atoms with Gasteiger partial charge in [-0.2, -0.15) is 0 Å². The Kier molecular flexibility index (Phi) is 20.2. The van der Waals surface area contributed by atoms with Gasteiger partial charge in [0.2, 0.25) is 5.91 Å². The van der Waals surface area contributed by atoms with Crippen molar-refractivity contribution in [3.63, 3.8) is 0 Å². The number of carbonyl (C=O) groups is 1. The summed E-state index contributed by atoms with van der Waals surface area (Å²) >= 11 is 0. The molecule has 124 valence electrons. The van der Waals surface area contributed by atoms with Crippen LogP contribution in [0.5, 0.6) is 0 Å². The molecule has 0 saturated heterocycles. The third-order valence-corrected chi connectivity index (χ3v) is 2.60. The van der Waals surface area contributed by atoms with Crippen molar-refractivity contribution in [3.05, 3.63) is 0 Å². The number of hydrogen-bond donors (Lipinski definition) is 2. The first-order valence-corrected chi connectivity index (χ1v) is 7.94. The molecule has 0 aliphatic heterocycles. The van der Waals surface area contributed by atoms with Gasteiger partial charge in [0, 0.05) is 12.5 Å². The minimum absolute atomic E-state index is 0.00926. The van der Waals surface area contributed by atoms with Crippen LogP contribution in [0.1, 0.15) is 74.7 Å². The molecule has 0 rings (SSSR count). The molecule has 0 fully saturated rings. The molecular formula is C17H39NO2. The lowest BCUT2D eigenvalue weighted by Gasteiger charge is -2.05. The van der Waals surface area contributed by atoms with Gasteiger partial charge in [0.15, 0.2) is 0 Å². The Labute approximate surface area is 127 Å². The Morgan fingerprint density at radius 2 is 1.05 bits per heavy atom. The minimum Gasteiger partial charge on any atom is -0.396 e. The van der Waals surface area contributed by atoms with Gasteiger partial charge in [0.05, 0.1) is 0 Å². The first-order chi connectivity index (χ1) is 9.04. The molecule has 0 aliphatic rings. The van der Waals surface area contributed by atoms with E-state index in [1.165, 1.54) is 12.8 Å². The van der Waals surface area contributed by atoms with Crippen molar-refractivity contribution in [2.45, 2.75) is 74.7 Å². The van der Waals surface area contributed by atoms with E-state index in [4.69, 9.17) is 10.8 Å². The lowest BCUT2D eigenvalue weighted by Crippen LogP contribution is -2.17. The van der Waals surface area contributed by atoms with Crippen LogP contribution in [0.2, 0.25) is 0 Å². The highest BCUT2D eigenvalue weighted by atomic mass is 16.3. The summed E-state index contributed by atoms with van der Waals surface area (Å²) in [6.07, 6.45) is 3.70. The number of aliphatic hydroxyl groups is 1. The minimum atomic E-state index is -0.241. The van der Waals surface area contributed by atoms with E-state index < -0.39 is 0 Å². The molecule has 0 aromatic rings. The molecule has 0 unspecified atom stereocenters. The zero-order valence-electron chi connectivity index (χ0n) is 15.1. The van der Waals surface area contributed by atoms with Crippen LogP contribution in [0, 0.1) is 23.7 Å². The second-order valence-corrected chi connectivity index (χ2v) is 6.83. The summed E-state index contributed by atoms with van der Waals surface area (Å²) < 4.78 is 0. The fourth-order valence-corrected chi connectivity index (χ4v) is 0.925. The maximum absolute atomic E-state index is 9.92. The zero-order valence-corrected chi connectivity index (χ0v) is 15.1. The monoisotopic (exact) mass is 289 g/mol. The van der Waals surface area contributed by atoms with Crippen molar-refractivity contribution in [1.82, 2.24) is 0 Å². The van der Waals surface area contributed by atoms with Crippen LogP contribution in [-0.4, -0.2) is 17.6 Å². The highest BCUT2D eigenvalue weighted by molar-refractivity contribution is 5.75. The SMILES string of the molecule is CC(C)C(N)=O.CC(C)CCC(C)C.CC(C)CCO. The van der Waals surface area contributed by atoms with Crippen LogP contribution < -0.4 is 5.73 Å². The number of carbonyl (C=O) groups excluding carboxylic acids is 1. The molecule has 0 bridgehead atoms. The molecule has 3 nitrogen and oxygen atoms in total. The third kappa shape index (κ3) is 36.0. The highest BCUT2D eigenvalue weighted by Crippen LogP contribution is 2.09.